The Bertz CT molecular complexity index is 582. The van der Waals surface area contributed by atoms with Crippen molar-refractivity contribution >= 4 is 22.1 Å². The summed E-state index contributed by atoms with van der Waals surface area (Å²) in [6.45, 7) is 4.33. The first-order chi connectivity index (χ1) is 14.2. The van der Waals surface area contributed by atoms with E-state index in [-0.39, 0.29) is 62.0 Å². The second kappa shape index (κ2) is 23.6. The molecule has 32 heavy (non-hydrogen) atoms. The molecule has 0 saturated carbocycles. The van der Waals surface area contributed by atoms with Gasteiger partial charge in [-0.05, 0) is 25.7 Å². The maximum Gasteiger partial charge on any atom is 1.00 e. The number of ether oxygens (including phenoxy) is 1. The molecule has 0 amide bonds. The standard InChI is InChI=1S/C22H42O7S.2Na.2H/c1-3-5-7-9-11-13-15-17-19(16-14-12-10-8-6-4-2)29-22(25)20(18-21(23)24)30(26,27)28;;;;/h19-20H,3-18H2,1-2H3,(H,23,24)(H,26,27,28);;;;/q;2*+1;2*-1. The van der Waals surface area contributed by atoms with Crippen molar-refractivity contribution in [1.29, 1.82) is 0 Å². The Hall–Kier alpha value is 0.850. The maximum atomic E-state index is 12.3. The van der Waals surface area contributed by atoms with E-state index in [1.807, 2.05) is 0 Å². The summed E-state index contributed by atoms with van der Waals surface area (Å²) >= 11 is 0. The molecule has 0 aromatic carbocycles. The summed E-state index contributed by atoms with van der Waals surface area (Å²) in [5.41, 5.74) is 0. The normalized spacial score (nSPS) is 12.8. The number of hydrogen-bond acceptors (Lipinski definition) is 5. The molecule has 0 aromatic rings. The first kappa shape index (κ1) is 37.4. The molecular formula is C22H44Na2O7S. The van der Waals surface area contributed by atoms with E-state index in [1.165, 1.54) is 44.9 Å². The van der Waals surface area contributed by atoms with Crippen LogP contribution in [0.5, 0.6) is 0 Å². The smallest absolute Gasteiger partial charge is 1.00 e. The number of rotatable bonds is 20. The number of carboxylic acids is 1. The minimum atomic E-state index is -4.83. The van der Waals surface area contributed by atoms with Crippen molar-refractivity contribution in [3.05, 3.63) is 0 Å². The molecule has 7 nitrogen and oxygen atoms in total. The second-order valence-corrected chi connectivity index (χ2v) is 9.73. The summed E-state index contributed by atoms with van der Waals surface area (Å²) in [5, 5.41) is 6.78. The fraction of sp³-hybridized carbons (Fsp3) is 0.909. The van der Waals surface area contributed by atoms with Crippen molar-refractivity contribution in [2.75, 3.05) is 0 Å². The van der Waals surface area contributed by atoms with Gasteiger partial charge in [0.15, 0.2) is 5.25 Å². The molecule has 0 aromatic heterocycles. The molecule has 182 valence electrons. The first-order valence-electron chi connectivity index (χ1n) is 11.6. The van der Waals surface area contributed by atoms with Crippen LogP contribution in [0, 0.1) is 0 Å². The third-order valence-corrected chi connectivity index (χ3v) is 6.35. The van der Waals surface area contributed by atoms with Crippen molar-refractivity contribution in [3.8, 4) is 0 Å². The number of esters is 1. The second-order valence-electron chi connectivity index (χ2n) is 8.13. The molecule has 0 saturated heterocycles. The van der Waals surface area contributed by atoms with Gasteiger partial charge in [0.25, 0.3) is 10.1 Å². The van der Waals surface area contributed by atoms with Crippen LogP contribution in [0.3, 0.4) is 0 Å². The van der Waals surface area contributed by atoms with E-state index in [9.17, 15) is 22.6 Å². The number of carbonyl (C=O) groups is 2. The molecule has 0 radical (unpaired) electrons. The van der Waals surface area contributed by atoms with Gasteiger partial charge in [0.2, 0.25) is 0 Å². The maximum absolute atomic E-state index is 12.3. The van der Waals surface area contributed by atoms with Gasteiger partial charge >= 0.3 is 71.1 Å². The fourth-order valence-corrected chi connectivity index (χ4v) is 4.10. The molecule has 0 heterocycles. The van der Waals surface area contributed by atoms with Crippen LogP contribution in [0.25, 0.3) is 0 Å². The van der Waals surface area contributed by atoms with Crippen molar-refractivity contribution in [2.45, 2.75) is 128 Å². The van der Waals surface area contributed by atoms with Crippen LogP contribution in [-0.2, 0) is 24.4 Å². The Balaban J connectivity index is -0.000000701. The molecule has 0 spiro atoms. The van der Waals surface area contributed by atoms with Crippen molar-refractivity contribution in [2.24, 2.45) is 0 Å². The summed E-state index contributed by atoms with van der Waals surface area (Å²) in [4.78, 5) is 23.2. The predicted octanol–water partition coefficient (Wildman–Crippen LogP) is -0.246. The Morgan fingerprint density at radius 3 is 1.50 bits per heavy atom. The third kappa shape index (κ3) is 21.4. The van der Waals surface area contributed by atoms with Crippen LogP contribution in [-0.4, -0.2) is 41.4 Å². The van der Waals surface area contributed by atoms with Gasteiger partial charge in [0, 0.05) is 0 Å². The van der Waals surface area contributed by atoms with Gasteiger partial charge in [0.05, 0.1) is 6.42 Å². The van der Waals surface area contributed by atoms with Crippen LogP contribution in [0.1, 0.15) is 119 Å². The average Bonchev–Trinajstić information content (AvgIpc) is 2.66. The van der Waals surface area contributed by atoms with Gasteiger partial charge in [-0.15, -0.1) is 0 Å². The zero-order valence-electron chi connectivity index (χ0n) is 22.8. The van der Waals surface area contributed by atoms with Gasteiger partial charge in [0.1, 0.15) is 6.10 Å². The van der Waals surface area contributed by atoms with E-state index in [1.54, 1.807) is 0 Å². The van der Waals surface area contributed by atoms with Crippen LogP contribution in [0.2, 0.25) is 0 Å². The van der Waals surface area contributed by atoms with Gasteiger partial charge in [-0.25, -0.2) is 0 Å². The molecule has 2 unspecified atom stereocenters. The summed E-state index contributed by atoms with van der Waals surface area (Å²) < 4.78 is 37.5. The number of carbonyl (C=O) groups excluding carboxylic acids is 1. The number of unbranched alkanes of at least 4 members (excludes halogenated alkanes) is 11. The van der Waals surface area contributed by atoms with Crippen LogP contribution >= 0.6 is 0 Å². The molecule has 10 heteroatoms. The topological polar surface area (TPSA) is 118 Å². The number of aliphatic carboxylic acids is 1. The SMILES string of the molecule is CCCCCCCCCC(CCCCCCCC)OC(=O)C(CC(=O)O)S(=O)(=O)O.[H-].[H-].[Na+].[Na+]. The Morgan fingerprint density at radius 2 is 1.16 bits per heavy atom. The van der Waals surface area contributed by atoms with Crippen molar-refractivity contribution in [1.82, 2.24) is 0 Å². The van der Waals surface area contributed by atoms with Crippen LogP contribution in [0.15, 0.2) is 0 Å². The van der Waals surface area contributed by atoms with Crippen molar-refractivity contribution in [3.63, 3.8) is 0 Å². The van der Waals surface area contributed by atoms with Gasteiger partial charge < -0.3 is 12.7 Å². The zero-order chi connectivity index (χ0) is 22.8. The van der Waals surface area contributed by atoms with E-state index in [4.69, 9.17) is 9.84 Å². The molecule has 0 aliphatic heterocycles. The average molecular weight is 499 g/mol. The summed E-state index contributed by atoms with van der Waals surface area (Å²) in [5.74, 6) is -2.65. The number of hydrogen-bond donors (Lipinski definition) is 2. The molecule has 2 atom stereocenters. The van der Waals surface area contributed by atoms with E-state index in [2.05, 4.69) is 13.8 Å². The summed E-state index contributed by atoms with van der Waals surface area (Å²) in [6, 6.07) is 0. The van der Waals surface area contributed by atoms with E-state index < -0.39 is 39.8 Å². The molecule has 0 bridgehead atoms. The largest absolute Gasteiger partial charge is 1.00 e. The Morgan fingerprint density at radius 1 is 0.781 bits per heavy atom. The summed E-state index contributed by atoms with van der Waals surface area (Å²) in [7, 11) is -4.83. The first-order valence-corrected chi connectivity index (χ1v) is 13.1. The monoisotopic (exact) mass is 498 g/mol. The Labute approximate surface area is 242 Å². The van der Waals surface area contributed by atoms with Crippen molar-refractivity contribution < 1.29 is 94.4 Å². The van der Waals surface area contributed by atoms with Gasteiger partial charge in [-0.2, -0.15) is 8.42 Å². The summed E-state index contributed by atoms with van der Waals surface area (Å²) in [6.07, 6.45) is 14.2. The van der Waals surface area contributed by atoms with E-state index in [0.29, 0.717) is 12.8 Å². The molecule has 2 N–H and O–H groups in total. The van der Waals surface area contributed by atoms with Gasteiger partial charge in [-0.1, -0.05) is 84.5 Å². The molecule has 0 aliphatic carbocycles. The number of carboxylic acid groups (broad SMARTS) is 1. The van der Waals surface area contributed by atoms with E-state index >= 15 is 0 Å². The minimum absolute atomic E-state index is 0. The predicted molar refractivity (Wildman–Crippen MR) is 120 cm³/mol. The quantitative estimate of drug-likeness (QED) is 0.103. The fourth-order valence-electron chi connectivity index (χ4n) is 3.45. The van der Waals surface area contributed by atoms with Gasteiger partial charge in [-0.3, -0.25) is 14.1 Å². The van der Waals surface area contributed by atoms with Crippen LogP contribution < -0.4 is 59.1 Å². The molecule has 0 fully saturated rings. The minimum Gasteiger partial charge on any atom is -1.00 e. The Kier molecular flexibility index (Phi) is 27.6. The van der Waals surface area contributed by atoms with Crippen LogP contribution in [0.4, 0.5) is 0 Å². The third-order valence-electron chi connectivity index (χ3n) is 5.27. The van der Waals surface area contributed by atoms with E-state index in [0.717, 1.165) is 38.5 Å². The molecule has 0 aliphatic rings. The molecular weight excluding hydrogens is 454 g/mol. The molecule has 0 rings (SSSR count). The zero-order valence-corrected chi connectivity index (χ0v) is 25.6.